The average molecular weight is 363 g/mol. The van der Waals surface area contributed by atoms with E-state index in [4.69, 9.17) is 10.5 Å². The topological polar surface area (TPSA) is 69.2 Å². The molecule has 2 N–H and O–H groups in total. The van der Waals surface area contributed by atoms with Crippen molar-refractivity contribution in [3.63, 3.8) is 0 Å². The van der Waals surface area contributed by atoms with E-state index in [-0.39, 0.29) is 6.04 Å². The molecule has 2 atom stereocenters. The van der Waals surface area contributed by atoms with Crippen molar-refractivity contribution in [2.45, 2.75) is 39.1 Å². The van der Waals surface area contributed by atoms with E-state index >= 15 is 0 Å². The standard InChI is InChI=1S/C21H25N5O/c1-3-15(4-2)20(25-14-23-13-24-25)16-9-11-17(12-10-16)26-18-7-5-6-8-19(18)27-21(26)22/h5-15,20-21H,3-4,22H2,1-2H3. The maximum atomic E-state index is 6.21. The van der Waals surface area contributed by atoms with Crippen molar-refractivity contribution in [3.05, 3.63) is 66.7 Å². The average Bonchev–Trinajstić information content (AvgIpc) is 3.33. The van der Waals surface area contributed by atoms with Crippen LogP contribution in [0, 0.1) is 5.92 Å². The van der Waals surface area contributed by atoms with E-state index in [0.29, 0.717) is 5.92 Å². The zero-order valence-corrected chi connectivity index (χ0v) is 15.7. The third-order valence-corrected chi connectivity index (χ3v) is 5.36. The van der Waals surface area contributed by atoms with Gasteiger partial charge in [0, 0.05) is 5.69 Å². The Labute approximate surface area is 159 Å². The van der Waals surface area contributed by atoms with Crippen molar-refractivity contribution in [3.8, 4) is 5.75 Å². The summed E-state index contributed by atoms with van der Waals surface area (Å²) in [4.78, 5) is 6.16. The number of hydrogen-bond donors (Lipinski definition) is 1. The molecular weight excluding hydrogens is 338 g/mol. The summed E-state index contributed by atoms with van der Waals surface area (Å²) in [5.41, 5.74) is 9.43. The largest absolute Gasteiger partial charge is 0.455 e. The summed E-state index contributed by atoms with van der Waals surface area (Å²) >= 11 is 0. The van der Waals surface area contributed by atoms with Crippen LogP contribution in [-0.4, -0.2) is 21.1 Å². The first-order chi connectivity index (χ1) is 13.2. The molecule has 1 aromatic heterocycles. The summed E-state index contributed by atoms with van der Waals surface area (Å²) in [6.45, 7) is 4.45. The SMILES string of the molecule is CCC(CC)C(c1ccc(N2c3ccccc3OC2N)cc1)n1cncn1. The first-order valence-electron chi connectivity index (χ1n) is 9.47. The van der Waals surface area contributed by atoms with Gasteiger partial charge in [0.25, 0.3) is 0 Å². The number of benzene rings is 2. The van der Waals surface area contributed by atoms with Gasteiger partial charge < -0.3 is 4.74 Å². The number of hydrogen-bond acceptors (Lipinski definition) is 5. The van der Waals surface area contributed by atoms with Gasteiger partial charge in [-0.25, -0.2) is 9.67 Å². The molecule has 2 unspecified atom stereocenters. The second-order valence-electron chi connectivity index (χ2n) is 6.83. The Morgan fingerprint density at radius 1 is 1.07 bits per heavy atom. The molecule has 140 valence electrons. The Balaban J connectivity index is 1.67. The van der Waals surface area contributed by atoms with E-state index in [0.717, 1.165) is 30.0 Å². The zero-order chi connectivity index (χ0) is 18.8. The van der Waals surface area contributed by atoms with Crippen LogP contribution in [0.2, 0.25) is 0 Å². The predicted molar refractivity (Wildman–Crippen MR) is 106 cm³/mol. The van der Waals surface area contributed by atoms with E-state index in [9.17, 15) is 0 Å². The van der Waals surface area contributed by atoms with Crippen LogP contribution in [0.3, 0.4) is 0 Å². The highest BCUT2D eigenvalue weighted by Crippen LogP contribution is 2.41. The molecule has 0 saturated heterocycles. The second kappa shape index (κ2) is 7.40. The normalized spacial score (nSPS) is 17.0. The molecular formula is C21H25N5O. The fraction of sp³-hybridized carbons (Fsp3) is 0.333. The third-order valence-electron chi connectivity index (χ3n) is 5.36. The molecule has 4 rings (SSSR count). The van der Waals surface area contributed by atoms with Gasteiger partial charge in [-0.2, -0.15) is 5.10 Å². The van der Waals surface area contributed by atoms with Crippen LogP contribution < -0.4 is 15.4 Å². The van der Waals surface area contributed by atoms with Crippen molar-refractivity contribution < 1.29 is 4.74 Å². The monoisotopic (exact) mass is 363 g/mol. The number of para-hydroxylation sites is 2. The van der Waals surface area contributed by atoms with Crippen molar-refractivity contribution in [2.24, 2.45) is 11.7 Å². The van der Waals surface area contributed by atoms with Crippen LogP contribution in [0.4, 0.5) is 11.4 Å². The minimum absolute atomic E-state index is 0.173. The van der Waals surface area contributed by atoms with Crippen LogP contribution >= 0.6 is 0 Å². The van der Waals surface area contributed by atoms with Gasteiger partial charge in [0.15, 0.2) is 0 Å². The molecule has 0 aliphatic carbocycles. The number of rotatable bonds is 6. The van der Waals surface area contributed by atoms with Gasteiger partial charge in [0.2, 0.25) is 6.35 Å². The van der Waals surface area contributed by atoms with E-state index in [1.807, 2.05) is 33.8 Å². The molecule has 1 aliphatic heterocycles. The van der Waals surface area contributed by atoms with Crippen LogP contribution in [0.25, 0.3) is 0 Å². The van der Waals surface area contributed by atoms with Crippen LogP contribution in [0.1, 0.15) is 38.3 Å². The number of nitrogens with two attached hydrogens (primary N) is 1. The van der Waals surface area contributed by atoms with Gasteiger partial charge in [-0.15, -0.1) is 0 Å². The lowest BCUT2D eigenvalue weighted by molar-refractivity contribution is 0.243. The fourth-order valence-electron chi connectivity index (χ4n) is 3.93. The molecule has 6 heteroatoms. The van der Waals surface area contributed by atoms with Crippen molar-refractivity contribution in [1.82, 2.24) is 14.8 Å². The maximum Gasteiger partial charge on any atom is 0.232 e. The molecule has 0 saturated carbocycles. The predicted octanol–water partition coefficient (Wildman–Crippen LogP) is 4.08. The number of anilines is 2. The molecule has 27 heavy (non-hydrogen) atoms. The van der Waals surface area contributed by atoms with Crippen molar-refractivity contribution >= 4 is 11.4 Å². The van der Waals surface area contributed by atoms with Crippen LogP contribution in [-0.2, 0) is 0 Å². The molecule has 0 fully saturated rings. The Morgan fingerprint density at radius 2 is 1.81 bits per heavy atom. The summed E-state index contributed by atoms with van der Waals surface area (Å²) in [6.07, 6.45) is 5.05. The molecule has 2 aromatic carbocycles. The summed E-state index contributed by atoms with van der Waals surface area (Å²) in [5, 5.41) is 4.41. The molecule has 6 nitrogen and oxygen atoms in total. The Bertz CT molecular complexity index is 874. The smallest absolute Gasteiger partial charge is 0.232 e. The third kappa shape index (κ3) is 3.17. The van der Waals surface area contributed by atoms with E-state index in [1.54, 1.807) is 12.7 Å². The zero-order valence-electron chi connectivity index (χ0n) is 15.7. The minimum Gasteiger partial charge on any atom is -0.455 e. The summed E-state index contributed by atoms with van der Waals surface area (Å²) in [7, 11) is 0. The second-order valence-corrected chi connectivity index (χ2v) is 6.83. The molecule has 3 aromatic rings. The lowest BCUT2D eigenvalue weighted by atomic mass is 9.89. The lowest BCUT2D eigenvalue weighted by Gasteiger charge is -2.27. The van der Waals surface area contributed by atoms with E-state index in [1.165, 1.54) is 5.56 Å². The van der Waals surface area contributed by atoms with E-state index < -0.39 is 6.35 Å². The highest BCUT2D eigenvalue weighted by atomic mass is 16.5. The van der Waals surface area contributed by atoms with Gasteiger partial charge in [-0.05, 0) is 35.7 Å². The quantitative estimate of drug-likeness (QED) is 0.715. The van der Waals surface area contributed by atoms with Gasteiger partial charge in [0.05, 0.1) is 11.7 Å². The van der Waals surface area contributed by atoms with E-state index in [2.05, 4.69) is 48.2 Å². The minimum atomic E-state index is -0.515. The number of ether oxygens (including phenoxy) is 1. The summed E-state index contributed by atoms with van der Waals surface area (Å²) < 4.78 is 7.73. The number of aromatic nitrogens is 3. The van der Waals surface area contributed by atoms with Gasteiger partial charge in [-0.3, -0.25) is 10.6 Å². The highest BCUT2D eigenvalue weighted by Gasteiger charge is 2.29. The molecule has 0 radical (unpaired) electrons. The van der Waals surface area contributed by atoms with Crippen molar-refractivity contribution in [1.29, 1.82) is 0 Å². The maximum absolute atomic E-state index is 6.21. The molecule has 1 aliphatic rings. The van der Waals surface area contributed by atoms with Gasteiger partial charge in [-0.1, -0.05) is 51.0 Å². The Morgan fingerprint density at radius 3 is 2.48 bits per heavy atom. The lowest BCUT2D eigenvalue weighted by Crippen LogP contribution is -2.38. The van der Waals surface area contributed by atoms with Crippen LogP contribution in [0.5, 0.6) is 5.75 Å². The van der Waals surface area contributed by atoms with Crippen LogP contribution in [0.15, 0.2) is 61.2 Å². The molecule has 0 spiro atoms. The number of nitrogens with zero attached hydrogens (tertiary/aromatic N) is 4. The molecule has 0 bridgehead atoms. The first kappa shape index (κ1) is 17.5. The fourth-order valence-corrected chi connectivity index (χ4v) is 3.93. The molecule has 0 amide bonds. The number of fused-ring (bicyclic) bond motifs is 1. The Kier molecular flexibility index (Phi) is 4.81. The van der Waals surface area contributed by atoms with Gasteiger partial charge in [0.1, 0.15) is 18.4 Å². The summed E-state index contributed by atoms with van der Waals surface area (Å²) in [5.74, 6) is 1.31. The molecule has 2 heterocycles. The Hall–Kier alpha value is -2.86. The highest BCUT2D eigenvalue weighted by molar-refractivity contribution is 5.72. The summed E-state index contributed by atoms with van der Waals surface area (Å²) in [6, 6.07) is 16.6. The van der Waals surface area contributed by atoms with Crippen molar-refractivity contribution in [2.75, 3.05) is 4.90 Å². The van der Waals surface area contributed by atoms with Gasteiger partial charge >= 0.3 is 0 Å². The first-order valence-corrected chi connectivity index (χ1v) is 9.47.